The van der Waals surface area contributed by atoms with E-state index >= 15 is 0 Å². The van der Waals surface area contributed by atoms with Crippen molar-refractivity contribution in [1.29, 1.82) is 5.26 Å². The summed E-state index contributed by atoms with van der Waals surface area (Å²) in [5.41, 5.74) is 6.17. The van der Waals surface area contributed by atoms with Crippen LogP contribution in [0, 0.1) is 11.3 Å². The Hall–Kier alpha value is -2.87. The van der Waals surface area contributed by atoms with Crippen molar-refractivity contribution in [3.8, 4) is 6.07 Å². The van der Waals surface area contributed by atoms with Crippen LogP contribution in [0.4, 0.5) is 5.69 Å². The number of fused-ring (bicyclic) bond motifs is 1. The topological polar surface area (TPSA) is 96.0 Å². The molecule has 0 aliphatic heterocycles. The van der Waals surface area contributed by atoms with Crippen LogP contribution in [0.25, 0.3) is 10.8 Å². The number of nitriles is 1. The van der Waals surface area contributed by atoms with E-state index in [9.17, 15) is 14.9 Å². The Morgan fingerprint density at radius 2 is 1.95 bits per heavy atom. The quantitative estimate of drug-likeness (QED) is 0.888. The van der Waals surface area contributed by atoms with Crippen LogP contribution in [-0.2, 0) is 9.59 Å². The van der Waals surface area contributed by atoms with E-state index in [-0.39, 0.29) is 5.91 Å². The molecule has 0 spiro atoms. The van der Waals surface area contributed by atoms with Crippen LogP contribution in [0.2, 0.25) is 0 Å². The number of hydrogen-bond acceptors (Lipinski definition) is 3. The van der Waals surface area contributed by atoms with Gasteiger partial charge in [0.1, 0.15) is 0 Å². The number of benzene rings is 2. The average molecular weight is 267 g/mol. The number of nitrogens with zero attached hydrogens (tertiary/aromatic N) is 1. The van der Waals surface area contributed by atoms with Gasteiger partial charge < -0.3 is 11.1 Å². The van der Waals surface area contributed by atoms with Gasteiger partial charge in [0.05, 0.1) is 6.07 Å². The molecule has 20 heavy (non-hydrogen) atoms. The van der Waals surface area contributed by atoms with E-state index < -0.39 is 11.8 Å². The van der Waals surface area contributed by atoms with Gasteiger partial charge in [0.2, 0.25) is 11.8 Å². The second-order valence-electron chi connectivity index (χ2n) is 4.39. The lowest BCUT2D eigenvalue weighted by Crippen LogP contribution is -2.22. The lowest BCUT2D eigenvalue weighted by Gasteiger charge is -2.15. The predicted molar refractivity (Wildman–Crippen MR) is 75.8 cm³/mol. The van der Waals surface area contributed by atoms with Crippen molar-refractivity contribution < 1.29 is 9.59 Å². The molecule has 0 fully saturated rings. The maximum Gasteiger partial charge on any atom is 0.239 e. The second kappa shape index (κ2) is 5.41. The first-order chi connectivity index (χ1) is 9.54. The maximum absolute atomic E-state index is 11.5. The standard InChI is InChI=1S/C15H13N3O2/c1-9(19)18-13-7-6-10-4-2-3-5-11(10)14(13)12(8-16)15(17)20/h2-7,12H,1H3,(H2,17,20)(H,18,19). The number of carbonyl (C=O) groups is 2. The molecule has 0 heterocycles. The molecule has 0 aromatic heterocycles. The van der Waals surface area contributed by atoms with Crippen molar-refractivity contribution in [1.82, 2.24) is 0 Å². The molecule has 0 aliphatic rings. The van der Waals surface area contributed by atoms with Crippen LogP contribution in [0.15, 0.2) is 36.4 Å². The molecule has 1 unspecified atom stereocenters. The molecule has 3 N–H and O–H groups in total. The highest BCUT2D eigenvalue weighted by Crippen LogP contribution is 2.32. The van der Waals surface area contributed by atoms with Crippen molar-refractivity contribution in [2.24, 2.45) is 5.73 Å². The fraction of sp³-hybridized carbons (Fsp3) is 0.133. The Balaban J connectivity index is 2.77. The monoisotopic (exact) mass is 267 g/mol. The Bertz CT molecular complexity index is 731. The van der Waals surface area contributed by atoms with Crippen molar-refractivity contribution in [3.05, 3.63) is 42.0 Å². The van der Waals surface area contributed by atoms with Gasteiger partial charge in [-0.1, -0.05) is 30.3 Å². The third kappa shape index (κ3) is 2.45. The molecule has 1 atom stereocenters. The number of nitrogens with two attached hydrogens (primary N) is 1. The average Bonchev–Trinajstić information content (AvgIpc) is 2.40. The van der Waals surface area contributed by atoms with Crippen LogP contribution < -0.4 is 11.1 Å². The maximum atomic E-state index is 11.5. The van der Waals surface area contributed by atoms with E-state index in [2.05, 4.69) is 5.32 Å². The van der Waals surface area contributed by atoms with Gasteiger partial charge in [-0.3, -0.25) is 9.59 Å². The van der Waals surface area contributed by atoms with E-state index in [1.54, 1.807) is 18.2 Å². The van der Waals surface area contributed by atoms with Gasteiger partial charge >= 0.3 is 0 Å². The molecule has 2 aromatic rings. The number of amides is 2. The molecule has 0 saturated carbocycles. The number of primary amides is 1. The Morgan fingerprint density at radius 3 is 2.55 bits per heavy atom. The number of nitrogens with one attached hydrogen (secondary N) is 1. The van der Waals surface area contributed by atoms with E-state index in [1.165, 1.54) is 6.92 Å². The highest BCUT2D eigenvalue weighted by molar-refractivity contribution is 6.01. The summed E-state index contributed by atoms with van der Waals surface area (Å²) < 4.78 is 0. The van der Waals surface area contributed by atoms with Gasteiger partial charge in [-0.2, -0.15) is 5.26 Å². The smallest absolute Gasteiger partial charge is 0.239 e. The highest BCUT2D eigenvalue weighted by atomic mass is 16.1. The number of anilines is 1. The van der Waals surface area contributed by atoms with E-state index in [0.717, 1.165) is 10.8 Å². The lowest BCUT2D eigenvalue weighted by atomic mass is 9.92. The molecule has 2 amide bonds. The van der Waals surface area contributed by atoms with Crippen LogP contribution >= 0.6 is 0 Å². The van der Waals surface area contributed by atoms with Crippen LogP contribution in [0.5, 0.6) is 0 Å². The minimum Gasteiger partial charge on any atom is -0.368 e. The fourth-order valence-corrected chi connectivity index (χ4v) is 2.18. The second-order valence-corrected chi connectivity index (χ2v) is 4.39. The minimum atomic E-state index is -1.11. The zero-order valence-corrected chi connectivity index (χ0v) is 10.9. The first-order valence-electron chi connectivity index (χ1n) is 6.02. The van der Waals surface area contributed by atoms with Crippen LogP contribution in [-0.4, -0.2) is 11.8 Å². The Morgan fingerprint density at radius 1 is 1.25 bits per heavy atom. The third-order valence-corrected chi connectivity index (χ3v) is 2.98. The van der Waals surface area contributed by atoms with E-state index in [0.29, 0.717) is 11.3 Å². The van der Waals surface area contributed by atoms with Crippen molar-refractivity contribution in [2.75, 3.05) is 5.32 Å². The van der Waals surface area contributed by atoms with Crippen molar-refractivity contribution in [2.45, 2.75) is 12.8 Å². The minimum absolute atomic E-state index is 0.275. The predicted octanol–water partition coefficient (Wildman–Crippen LogP) is 1.89. The van der Waals surface area contributed by atoms with E-state index in [1.807, 2.05) is 24.3 Å². The summed E-state index contributed by atoms with van der Waals surface area (Å²) in [7, 11) is 0. The number of hydrogen-bond donors (Lipinski definition) is 2. The molecule has 0 radical (unpaired) electrons. The summed E-state index contributed by atoms with van der Waals surface area (Å²) in [5, 5.41) is 13.4. The summed E-state index contributed by atoms with van der Waals surface area (Å²) >= 11 is 0. The first-order valence-corrected chi connectivity index (χ1v) is 6.02. The molecular weight excluding hydrogens is 254 g/mol. The molecule has 0 aliphatic carbocycles. The van der Waals surface area contributed by atoms with Gasteiger partial charge in [-0.05, 0) is 16.8 Å². The third-order valence-electron chi connectivity index (χ3n) is 2.98. The Labute approximate surface area is 116 Å². The number of carbonyl (C=O) groups excluding carboxylic acids is 2. The largest absolute Gasteiger partial charge is 0.368 e. The van der Waals surface area contributed by atoms with Gasteiger partial charge in [0.25, 0.3) is 0 Å². The van der Waals surface area contributed by atoms with Gasteiger partial charge in [-0.25, -0.2) is 0 Å². The summed E-state index contributed by atoms with van der Waals surface area (Å²) in [6, 6.07) is 12.7. The normalized spacial score (nSPS) is 11.6. The van der Waals surface area contributed by atoms with Gasteiger partial charge in [0.15, 0.2) is 5.92 Å². The molecule has 100 valence electrons. The Kier molecular flexibility index (Phi) is 3.67. The zero-order valence-electron chi connectivity index (χ0n) is 10.9. The summed E-state index contributed by atoms with van der Waals surface area (Å²) in [5.74, 6) is -2.12. The van der Waals surface area contributed by atoms with Crippen molar-refractivity contribution >= 4 is 28.3 Å². The molecular formula is C15H13N3O2. The first kappa shape index (κ1) is 13.6. The molecule has 2 rings (SSSR count). The summed E-state index contributed by atoms with van der Waals surface area (Å²) in [6.07, 6.45) is 0. The van der Waals surface area contributed by atoms with E-state index in [4.69, 9.17) is 5.73 Å². The van der Waals surface area contributed by atoms with Gasteiger partial charge in [-0.15, -0.1) is 0 Å². The van der Waals surface area contributed by atoms with Crippen LogP contribution in [0.1, 0.15) is 18.4 Å². The van der Waals surface area contributed by atoms with Gasteiger partial charge in [0, 0.05) is 18.2 Å². The summed E-state index contributed by atoms with van der Waals surface area (Å²) in [6.45, 7) is 1.37. The lowest BCUT2D eigenvalue weighted by molar-refractivity contribution is -0.118. The SMILES string of the molecule is CC(=O)Nc1ccc2ccccc2c1C(C#N)C(N)=O. The zero-order chi connectivity index (χ0) is 14.7. The molecule has 5 nitrogen and oxygen atoms in total. The molecule has 2 aromatic carbocycles. The molecule has 0 bridgehead atoms. The molecule has 5 heteroatoms. The van der Waals surface area contributed by atoms with Crippen molar-refractivity contribution in [3.63, 3.8) is 0 Å². The van der Waals surface area contributed by atoms with Crippen LogP contribution in [0.3, 0.4) is 0 Å². The fourth-order valence-electron chi connectivity index (χ4n) is 2.18. The molecule has 0 saturated heterocycles. The summed E-state index contributed by atoms with van der Waals surface area (Å²) in [4.78, 5) is 22.8. The number of rotatable bonds is 3. The highest BCUT2D eigenvalue weighted by Gasteiger charge is 2.23.